The number of hydrogen-bond donors (Lipinski definition) is 1. The Morgan fingerprint density at radius 3 is 2.87 bits per heavy atom. The maximum atomic E-state index is 13.8. The molecule has 0 aliphatic carbocycles. The Bertz CT molecular complexity index is 791. The van der Waals surface area contributed by atoms with Crippen molar-refractivity contribution in [2.24, 2.45) is 0 Å². The molecule has 1 aromatic carbocycles. The van der Waals surface area contributed by atoms with Gasteiger partial charge in [0.2, 0.25) is 0 Å². The molecule has 2 aromatic rings. The van der Waals surface area contributed by atoms with E-state index in [2.05, 4.69) is 9.97 Å². The standard InChI is InChI=1S/C16H15F2N3O2/c17-11-3-4-12(13(18)8-11)15(22)21-7-1-2-10(9-21)14-5-6-19-16(23)20-14/h3-6,8,10H,1-2,7,9H2,(H,19,20,23)/t10-/m1/s1. The van der Waals surface area contributed by atoms with Gasteiger partial charge in [0.05, 0.1) is 5.56 Å². The number of carbonyl (C=O) groups is 1. The number of H-pyrrole nitrogens is 1. The van der Waals surface area contributed by atoms with Crippen molar-refractivity contribution in [3.05, 3.63) is 63.8 Å². The Labute approximate surface area is 131 Å². The van der Waals surface area contributed by atoms with Crippen LogP contribution in [-0.4, -0.2) is 33.9 Å². The summed E-state index contributed by atoms with van der Waals surface area (Å²) in [6.07, 6.45) is 2.98. The molecule has 0 bridgehead atoms. The lowest BCUT2D eigenvalue weighted by molar-refractivity contribution is 0.0701. The summed E-state index contributed by atoms with van der Waals surface area (Å²) in [5, 5.41) is 0. The first-order chi connectivity index (χ1) is 11.0. The summed E-state index contributed by atoms with van der Waals surface area (Å²) in [7, 11) is 0. The lowest BCUT2D eigenvalue weighted by Crippen LogP contribution is -2.40. The summed E-state index contributed by atoms with van der Waals surface area (Å²) in [4.78, 5) is 31.5. The molecule has 23 heavy (non-hydrogen) atoms. The van der Waals surface area contributed by atoms with Crippen LogP contribution in [0.5, 0.6) is 0 Å². The van der Waals surface area contributed by atoms with Gasteiger partial charge in [-0.15, -0.1) is 0 Å². The van der Waals surface area contributed by atoms with Crippen molar-refractivity contribution in [1.82, 2.24) is 14.9 Å². The van der Waals surface area contributed by atoms with Gasteiger partial charge in [0.15, 0.2) is 0 Å². The summed E-state index contributed by atoms with van der Waals surface area (Å²) in [5.41, 5.74) is 0.132. The van der Waals surface area contributed by atoms with Crippen LogP contribution in [0.2, 0.25) is 0 Å². The first-order valence-corrected chi connectivity index (χ1v) is 7.34. The first kappa shape index (κ1) is 15.3. The van der Waals surface area contributed by atoms with E-state index in [1.165, 1.54) is 11.1 Å². The second-order valence-electron chi connectivity index (χ2n) is 5.54. The van der Waals surface area contributed by atoms with Gasteiger partial charge >= 0.3 is 5.69 Å². The van der Waals surface area contributed by atoms with E-state index in [0.717, 1.165) is 25.0 Å². The minimum absolute atomic E-state index is 0.0353. The topological polar surface area (TPSA) is 66.1 Å². The average molecular weight is 319 g/mol. The number of benzene rings is 1. The zero-order chi connectivity index (χ0) is 16.4. The maximum absolute atomic E-state index is 13.8. The van der Waals surface area contributed by atoms with Crippen molar-refractivity contribution in [3.8, 4) is 0 Å². The second kappa shape index (κ2) is 6.28. The number of aromatic amines is 1. The highest BCUT2D eigenvalue weighted by atomic mass is 19.1. The predicted molar refractivity (Wildman–Crippen MR) is 79.1 cm³/mol. The minimum Gasteiger partial charge on any atom is -0.338 e. The lowest BCUT2D eigenvalue weighted by Gasteiger charge is -2.32. The number of rotatable bonds is 2. The quantitative estimate of drug-likeness (QED) is 0.921. The lowest BCUT2D eigenvalue weighted by atomic mass is 9.94. The number of hydrogen-bond acceptors (Lipinski definition) is 3. The summed E-state index contributed by atoms with van der Waals surface area (Å²) in [6.45, 7) is 0.872. The largest absolute Gasteiger partial charge is 0.345 e. The number of carbonyl (C=O) groups excluding carboxylic acids is 1. The summed E-state index contributed by atoms with van der Waals surface area (Å²) in [5.74, 6) is -2.09. The molecule has 1 aromatic heterocycles. The van der Waals surface area contributed by atoms with Crippen LogP contribution in [0.3, 0.4) is 0 Å². The smallest absolute Gasteiger partial charge is 0.338 e. The molecule has 120 valence electrons. The molecule has 1 fully saturated rings. The highest BCUT2D eigenvalue weighted by Crippen LogP contribution is 2.26. The average Bonchev–Trinajstić information content (AvgIpc) is 2.54. The van der Waals surface area contributed by atoms with E-state index < -0.39 is 23.2 Å². The highest BCUT2D eigenvalue weighted by molar-refractivity contribution is 5.94. The van der Waals surface area contributed by atoms with Gasteiger partial charge < -0.3 is 9.88 Å². The highest BCUT2D eigenvalue weighted by Gasteiger charge is 2.27. The fraction of sp³-hybridized carbons (Fsp3) is 0.312. The second-order valence-corrected chi connectivity index (χ2v) is 5.54. The molecule has 1 aliphatic heterocycles. The van der Waals surface area contributed by atoms with Crippen LogP contribution in [0.1, 0.15) is 34.8 Å². The van der Waals surface area contributed by atoms with E-state index in [1.807, 2.05) is 0 Å². The van der Waals surface area contributed by atoms with E-state index in [1.54, 1.807) is 6.07 Å². The van der Waals surface area contributed by atoms with E-state index in [-0.39, 0.29) is 11.5 Å². The zero-order valence-corrected chi connectivity index (χ0v) is 12.3. The van der Waals surface area contributed by atoms with Gasteiger partial charge in [-0.25, -0.2) is 18.6 Å². The van der Waals surface area contributed by atoms with E-state index in [0.29, 0.717) is 24.8 Å². The molecule has 3 rings (SSSR count). The van der Waals surface area contributed by atoms with Gasteiger partial charge in [0, 0.05) is 37.0 Å². The molecule has 2 heterocycles. The molecule has 0 radical (unpaired) electrons. The third-order valence-electron chi connectivity index (χ3n) is 4.01. The van der Waals surface area contributed by atoms with E-state index in [4.69, 9.17) is 0 Å². The predicted octanol–water partition coefficient (Wildman–Crippen LogP) is 2.07. The van der Waals surface area contributed by atoms with Gasteiger partial charge in [-0.3, -0.25) is 4.79 Å². The van der Waals surface area contributed by atoms with Gasteiger partial charge in [-0.1, -0.05) is 0 Å². The van der Waals surface area contributed by atoms with Gasteiger partial charge in [-0.2, -0.15) is 0 Å². The van der Waals surface area contributed by atoms with Crippen LogP contribution in [0.25, 0.3) is 0 Å². The number of piperidine rings is 1. The molecule has 0 unspecified atom stereocenters. The van der Waals surface area contributed by atoms with Crippen LogP contribution < -0.4 is 5.69 Å². The van der Waals surface area contributed by atoms with Crippen molar-refractivity contribution in [2.75, 3.05) is 13.1 Å². The van der Waals surface area contributed by atoms with Crippen LogP contribution in [0.15, 0.2) is 35.3 Å². The van der Waals surface area contributed by atoms with Crippen molar-refractivity contribution in [2.45, 2.75) is 18.8 Å². The molecule has 1 saturated heterocycles. The molecule has 1 N–H and O–H groups in total. The van der Waals surface area contributed by atoms with Crippen LogP contribution >= 0.6 is 0 Å². The molecule has 5 nitrogen and oxygen atoms in total. The molecular weight excluding hydrogens is 304 g/mol. The van der Waals surface area contributed by atoms with Crippen molar-refractivity contribution < 1.29 is 13.6 Å². The SMILES string of the molecule is O=C(c1ccc(F)cc1F)N1CCC[C@@H](c2ccnc(=O)[nH]2)C1. The van der Waals surface area contributed by atoms with Crippen molar-refractivity contribution >= 4 is 5.91 Å². The molecule has 1 atom stereocenters. The van der Waals surface area contributed by atoms with E-state index in [9.17, 15) is 18.4 Å². The number of likely N-dealkylation sites (tertiary alicyclic amines) is 1. The van der Waals surface area contributed by atoms with Crippen molar-refractivity contribution in [1.29, 1.82) is 0 Å². The number of amides is 1. The molecule has 0 spiro atoms. The third-order valence-corrected chi connectivity index (χ3v) is 4.01. The first-order valence-electron chi connectivity index (χ1n) is 7.34. The fourth-order valence-corrected chi connectivity index (χ4v) is 2.87. The number of halogens is 2. The Morgan fingerprint density at radius 2 is 2.13 bits per heavy atom. The molecule has 1 aliphatic rings. The monoisotopic (exact) mass is 319 g/mol. The van der Waals surface area contributed by atoms with Crippen LogP contribution in [-0.2, 0) is 0 Å². The van der Waals surface area contributed by atoms with Gasteiger partial charge in [-0.05, 0) is 31.0 Å². The third kappa shape index (κ3) is 3.28. The minimum atomic E-state index is -0.866. The summed E-state index contributed by atoms with van der Waals surface area (Å²) >= 11 is 0. The zero-order valence-electron chi connectivity index (χ0n) is 12.3. The van der Waals surface area contributed by atoms with Crippen LogP contribution in [0, 0.1) is 11.6 Å². The van der Waals surface area contributed by atoms with E-state index >= 15 is 0 Å². The number of aromatic nitrogens is 2. The Hall–Kier alpha value is -2.57. The Kier molecular flexibility index (Phi) is 4.18. The van der Waals surface area contributed by atoms with Gasteiger partial charge in [0.1, 0.15) is 11.6 Å². The van der Waals surface area contributed by atoms with Crippen LogP contribution in [0.4, 0.5) is 8.78 Å². The number of nitrogens with one attached hydrogen (secondary N) is 1. The van der Waals surface area contributed by atoms with Gasteiger partial charge in [0.25, 0.3) is 5.91 Å². The van der Waals surface area contributed by atoms with Crippen molar-refractivity contribution in [3.63, 3.8) is 0 Å². The normalized spacial score (nSPS) is 18.0. The fourth-order valence-electron chi connectivity index (χ4n) is 2.87. The maximum Gasteiger partial charge on any atom is 0.345 e. The Balaban J connectivity index is 1.80. The summed E-state index contributed by atoms with van der Waals surface area (Å²) < 4.78 is 26.8. The molecule has 0 saturated carbocycles. The summed E-state index contributed by atoms with van der Waals surface area (Å²) in [6, 6.07) is 4.64. The molecular formula is C16H15F2N3O2. The number of nitrogens with zero attached hydrogens (tertiary/aromatic N) is 2. The molecule has 1 amide bonds. The molecule has 7 heteroatoms. The Morgan fingerprint density at radius 1 is 1.30 bits per heavy atom.